The lowest BCUT2D eigenvalue weighted by molar-refractivity contribution is -0.122. The first kappa shape index (κ1) is 16.8. The molecular weight excluding hydrogens is 281 g/mol. The molecule has 1 amide bonds. The standard InChI is InChI=1S/C14H20FNO3S/c1-10(13(9-17)20-2)16-14(18)6-7-19-12-5-3-4-11(15)8-12/h3-5,8,10,13,17H,6-7,9H2,1-2H3,(H,16,18). The average Bonchev–Trinajstić information content (AvgIpc) is 2.40. The number of aliphatic hydroxyl groups is 1. The summed E-state index contributed by atoms with van der Waals surface area (Å²) < 4.78 is 18.2. The van der Waals surface area contributed by atoms with E-state index in [1.54, 1.807) is 12.1 Å². The van der Waals surface area contributed by atoms with Gasteiger partial charge in [0.25, 0.3) is 0 Å². The van der Waals surface area contributed by atoms with Crippen molar-refractivity contribution in [1.82, 2.24) is 5.32 Å². The number of halogens is 1. The monoisotopic (exact) mass is 301 g/mol. The SMILES string of the molecule is CSC(CO)C(C)NC(=O)CCOc1cccc(F)c1. The zero-order valence-electron chi connectivity index (χ0n) is 11.6. The van der Waals surface area contributed by atoms with E-state index in [9.17, 15) is 9.18 Å². The predicted molar refractivity (Wildman–Crippen MR) is 78.5 cm³/mol. The van der Waals surface area contributed by atoms with Crippen LogP contribution in [0.2, 0.25) is 0 Å². The second-order valence-electron chi connectivity index (χ2n) is 4.37. The van der Waals surface area contributed by atoms with Crippen molar-refractivity contribution in [2.24, 2.45) is 0 Å². The van der Waals surface area contributed by atoms with E-state index in [0.717, 1.165) is 0 Å². The van der Waals surface area contributed by atoms with E-state index in [1.807, 2.05) is 13.2 Å². The van der Waals surface area contributed by atoms with Crippen molar-refractivity contribution in [1.29, 1.82) is 0 Å². The molecule has 0 aromatic heterocycles. The Morgan fingerprint density at radius 1 is 1.55 bits per heavy atom. The molecule has 6 heteroatoms. The number of carbonyl (C=O) groups is 1. The van der Waals surface area contributed by atoms with Crippen LogP contribution in [-0.4, -0.2) is 41.8 Å². The summed E-state index contributed by atoms with van der Waals surface area (Å²) >= 11 is 1.50. The van der Waals surface area contributed by atoms with E-state index in [2.05, 4.69) is 5.32 Å². The van der Waals surface area contributed by atoms with Crippen LogP contribution >= 0.6 is 11.8 Å². The Morgan fingerprint density at radius 3 is 2.90 bits per heavy atom. The molecular formula is C14H20FNO3S. The van der Waals surface area contributed by atoms with Crippen molar-refractivity contribution >= 4 is 17.7 Å². The smallest absolute Gasteiger partial charge is 0.223 e. The molecule has 0 bridgehead atoms. The van der Waals surface area contributed by atoms with Crippen molar-refractivity contribution in [3.63, 3.8) is 0 Å². The maximum atomic E-state index is 12.9. The molecule has 0 radical (unpaired) electrons. The van der Waals surface area contributed by atoms with Gasteiger partial charge in [0.05, 0.1) is 19.6 Å². The lowest BCUT2D eigenvalue weighted by Gasteiger charge is -2.21. The molecule has 20 heavy (non-hydrogen) atoms. The van der Waals surface area contributed by atoms with Gasteiger partial charge in [0, 0.05) is 17.4 Å². The number of rotatable bonds is 8. The molecule has 1 aromatic rings. The first-order chi connectivity index (χ1) is 9.56. The van der Waals surface area contributed by atoms with Crippen molar-refractivity contribution in [3.8, 4) is 5.75 Å². The van der Waals surface area contributed by atoms with Gasteiger partial charge in [0.1, 0.15) is 11.6 Å². The molecule has 0 saturated heterocycles. The Morgan fingerprint density at radius 2 is 2.30 bits per heavy atom. The summed E-state index contributed by atoms with van der Waals surface area (Å²) in [5, 5.41) is 11.9. The van der Waals surface area contributed by atoms with Gasteiger partial charge in [0.2, 0.25) is 5.91 Å². The normalized spacial score (nSPS) is 13.6. The van der Waals surface area contributed by atoms with Crippen LogP contribution in [-0.2, 0) is 4.79 Å². The van der Waals surface area contributed by atoms with Crippen LogP contribution in [0.5, 0.6) is 5.75 Å². The minimum absolute atomic E-state index is 0.0163. The molecule has 4 nitrogen and oxygen atoms in total. The molecule has 1 aromatic carbocycles. The van der Waals surface area contributed by atoms with Crippen LogP contribution in [0.3, 0.4) is 0 Å². The zero-order valence-corrected chi connectivity index (χ0v) is 12.5. The fourth-order valence-electron chi connectivity index (χ4n) is 1.67. The van der Waals surface area contributed by atoms with E-state index in [1.165, 1.54) is 23.9 Å². The summed E-state index contributed by atoms with van der Waals surface area (Å²) in [4.78, 5) is 11.7. The van der Waals surface area contributed by atoms with Crippen LogP contribution in [0.1, 0.15) is 13.3 Å². The molecule has 0 saturated carbocycles. The van der Waals surface area contributed by atoms with E-state index in [0.29, 0.717) is 5.75 Å². The van der Waals surface area contributed by atoms with Gasteiger partial charge in [-0.2, -0.15) is 11.8 Å². The molecule has 0 aliphatic heterocycles. The Balaban J connectivity index is 2.30. The fraction of sp³-hybridized carbons (Fsp3) is 0.500. The number of thioether (sulfide) groups is 1. The van der Waals surface area contributed by atoms with Crippen LogP contribution < -0.4 is 10.1 Å². The Hall–Kier alpha value is -1.27. The summed E-state index contributed by atoms with van der Waals surface area (Å²) in [5.74, 6) is -0.115. The maximum Gasteiger partial charge on any atom is 0.223 e. The third-order valence-electron chi connectivity index (χ3n) is 2.82. The molecule has 1 rings (SSSR count). The predicted octanol–water partition coefficient (Wildman–Crippen LogP) is 1.82. The summed E-state index contributed by atoms with van der Waals surface area (Å²) in [6.45, 7) is 2.05. The van der Waals surface area contributed by atoms with Gasteiger partial charge >= 0.3 is 0 Å². The average molecular weight is 301 g/mol. The third-order valence-corrected chi connectivity index (χ3v) is 3.99. The molecule has 0 heterocycles. The molecule has 0 fully saturated rings. The number of nitrogens with one attached hydrogen (secondary N) is 1. The van der Waals surface area contributed by atoms with E-state index < -0.39 is 0 Å². The van der Waals surface area contributed by atoms with E-state index >= 15 is 0 Å². The number of amides is 1. The van der Waals surface area contributed by atoms with Gasteiger partial charge in [-0.3, -0.25) is 4.79 Å². The molecule has 2 atom stereocenters. The summed E-state index contributed by atoms with van der Waals surface area (Å²) in [5.41, 5.74) is 0. The second-order valence-corrected chi connectivity index (χ2v) is 5.45. The molecule has 2 unspecified atom stereocenters. The highest BCUT2D eigenvalue weighted by molar-refractivity contribution is 7.99. The van der Waals surface area contributed by atoms with E-state index in [4.69, 9.17) is 9.84 Å². The third kappa shape index (κ3) is 5.79. The maximum absolute atomic E-state index is 12.9. The van der Waals surface area contributed by atoms with Gasteiger partial charge in [-0.15, -0.1) is 0 Å². The van der Waals surface area contributed by atoms with Crippen molar-refractivity contribution in [2.45, 2.75) is 24.6 Å². The van der Waals surface area contributed by atoms with E-state index in [-0.39, 0.29) is 42.7 Å². The van der Waals surface area contributed by atoms with Gasteiger partial charge in [-0.25, -0.2) is 4.39 Å². The van der Waals surface area contributed by atoms with Crippen molar-refractivity contribution in [2.75, 3.05) is 19.5 Å². The molecule has 2 N–H and O–H groups in total. The van der Waals surface area contributed by atoms with Gasteiger partial charge < -0.3 is 15.2 Å². The van der Waals surface area contributed by atoms with Gasteiger partial charge in [-0.1, -0.05) is 6.07 Å². The van der Waals surface area contributed by atoms with Crippen molar-refractivity contribution < 1.29 is 19.0 Å². The number of hydrogen-bond acceptors (Lipinski definition) is 4. The summed E-state index contributed by atoms with van der Waals surface area (Å²) in [7, 11) is 0. The quantitative estimate of drug-likeness (QED) is 0.769. The zero-order chi connectivity index (χ0) is 15.0. The van der Waals surface area contributed by atoms with Crippen LogP contribution in [0.4, 0.5) is 4.39 Å². The lowest BCUT2D eigenvalue weighted by atomic mass is 10.2. The highest BCUT2D eigenvalue weighted by Crippen LogP contribution is 2.12. The lowest BCUT2D eigenvalue weighted by Crippen LogP contribution is -2.41. The Kier molecular flexibility index (Phi) is 7.40. The summed E-state index contributed by atoms with van der Waals surface area (Å²) in [6.07, 6.45) is 2.07. The first-order valence-corrected chi connectivity index (χ1v) is 7.67. The Bertz CT molecular complexity index is 427. The molecule has 112 valence electrons. The highest BCUT2D eigenvalue weighted by atomic mass is 32.2. The molecule has 0 spiro atoms. The second kappa shape index (κ2) is 8.81. The van der Waals surface area contributed by atoms with Gasteiger partial charge in [0.15, 0.2) is 0 Å². The minimum Gasteiger partial charge on any atom is -0.493 e. The minimum atomic E-state index is -0.369. The van der Waals surface area contributed by atoms with Crippen LogP contribution in [0.25, 0.3) is 0 Å². The fourth-order valence-corrected chi connectivity index (χ4v) is 2.30. The number of aliphatic hydroxyl groups excluding tert-OH is 1. The highest BCUT2D eigenvalue weighted by Gasteiger charge is 2.17. The number of benzene rings is 1. The van der Waals surface area contributed by atoms with Crippen LogP contribution in [0, 0.1) is 5.82 Å². The molecule has 0 aliphatic rings. The Labute approximate surface area is 122 Å². The largest absolute Gasteiger partial charge is 0.493 e. The molecule has 0 aliphatic carbocycles. The number of hydrogen-bond donors (Lipinski definition) is 2. The number of ether oxygens (including phenoxy) is 1. The number of carbonyl (C=O) groups excluding carboxylic acids is 1. The summed E-state index contributed by atoms with van der Waals surface area (Å²) in [6, 6.07) is 5.68. The first-order valence-electron chi connectivity index (χ1n) is 6.38. The topological polar surface area (TPSA) is 58.6 Å². The van der Waals surface area contributed by atoms with Crippen molar-refractivity contribution in [3.05, 3.63) is 30.1 Å². The van der Waals surface area contributed by atoms with Crippen LogP contribution in [0.15, 0.2) is 24.3 Å². The van der Waals surface area contributed by atoms with Gasteiger partial charge in [-0.05, 0) is 25.3 Å².